The molecule has 2 aromatic heterocycles. The lowest BCUT2D eigenvalue weighted by Gasteiger charge is -2.41. The van der Waals surface area contributed by atoms with Gasteiger partial charge in [0.2, 0.25) is 5.88 Å². The van der Waals surface area contributed by atoms with Crippen LogP contribution >= 0.6 is 0 Å². The summed E-state index contributed by atoms with van der Waals surface area (Å²) in [4.78, 5) is 15.3. The molecule has 7 nitrogen and oxygen atoms in total. The maximum absolute atomic E-state index is 13.2. The lowest BCUT2D eigenvalue weighted by molar-refractivity contribution is 0.0520. The standard InChI is InChI=1S/C20H27N5O2/c1-3-17-16(12-21-25(17)18-8-9-19(27-2)23-22-18)20(26)24-11-10-14-6-4-5-7-15(14)13-24/h8-9,12,14-15H,3-7,10-11,13H2,1-2H3/t14-,15-/m1/s1. The number of hydrogen-bond donors (Lipinski definition) is 0. The van der Waals surface area contributed by atoms with Crippen LogP contribution in [0.2, 0.25) is 0 Å². The van der Waals surface area contributed by atoms with Crippen LogP contribution in [0, 0.1) is 11.8 Å². The zero-order valence-electron chi connectivity index (χ0n) is 16.1. The molecule has 27 heavy (non-hydrogen) atoms. The molecule has 1 saturated heterocycles. The summed E-state index contributed by atoms with van der Waals surface area (Å²) in [7, 11) is 1.56. The van der Waals surface area contributed by atoms with Gasteiger partial charge < -0.3 is 9.64 Å². The quantitative estimate of drug-likeness (QED) is 0.828. The number of rotatable bonds is 4. The van der Waals surface area contributed by atoms with E-state index in [1.54, 1.807) is 30.1 Å². The predicted molar refractivity (Wildman–Crippen MR) is 101 cm³/mol. The van der Waals surface area contributed by atoms with Gasteiger partial charge in [0, 0.05) is 19.2 Å². The van der Waals surface area contributed by atoms with Gasteiger partial charge in [-0.1, -0.05) is 26.2 Å². The summed E-state index contributed by atoms with van der Waals surface area (Å²) < 4.78 is 6.78. The maximum Gasteiger partial charge on any atom is 0.257 e. The molecule has 2 atom stereocenters. The molecule has 1 aliphatic carbocycles. The first kappa shape index (κ1) is 17.9. The van der Waals surface area contributed by atoms with E-state index in [9.17, 15) is 4.79 Å². The number of piperidine rings is 1. The number of likely N-dealkylation sites (tertiary alicyclic amines) is 1. The second-order valence-electron chi connectivity index (χ2n) is 7.55. The number of nitrogens with zero attached hydrogens (tertiary/aromatic N) is 5. The smallest absolute Gasteiger partial charge is 0.257 e. The van der Waals surface area contributed by atoms with Crippen molar-refractivity contribution in [3.8, 4) is 11.7 Å². The van der Waals surface area contributed by atoms with Crippen LogP contribution in [0.1, 0.15) is 55.1 Å². The minimum atomic E-state index is 0.101. The molecule has 0 unspecified atom stereocenters. The third kappa shape index (κ3) is 3.42. The molecule has 3 heterocycles. The van der Waals surface area contributed by atoms with Gasteiger partial charge in [0.05, 0.1) is 24.6 Å². The molecule has 1 saturated carbocycles. The molecule has 0 spiro atoms. The molecule has 2 aromatic rings. The summed E-state index contributed by atoms with van der Waals surface area (Å²) >= 11 is 0. The van der Waals surface area contributed by atoms with E-state index >= 15 is 0 Å². The van der Waals surface area contributed by atoms with Gasteiger partial charge in [0.1, 0.15) is 0 Å². The number of aromatic nitrogens is 4. The Hall–Kier alpha value is -2.44. The van der Waals surface area contributed by atoms with Gasteiger partial charge in [-0.15, -0.1) is 10.2 Å². The second-order valence-corrected chi connectivity index (χ2v) is 7.55. The lowest BCUT2D eigenvalue weighted by atomic mass is 9.75. The van der Waals surface area contributed by atoms with Crippen LogP contribution in [0.3, 0.4) is 0 Å². The average Bonchev–Trinajstić information content (AvgIpc) is 3.17. The Kier molecular flexibility index (Phi) is 5.09. The number of fused-ring (bicyclic) bond motifs is 1. The predicted octanol–water partition coefficient (Wildman–Crippen LogP) is 2.89. The van der Waals surface area contributed by atoms with Gasteiger partial charge in [-0.3, -0.25) is 4.79 Å². The van der Waals surface area contributed by atoms with Crippen LogP contribution in [-0.2, 0) is 6.42 Å². The van der Waals surface area contributed by atoms with Crippen molar-refractivity contribution in [3.63, 3.8) is 0 Å². The van der Waals surface area contributed by atoms with Crippen LogP contribution in [0.4, 0.5) is 0 Å². The molecule has 1 aliphatic heterocycles. The number of methoxy groups -OCH3 is 1. The topological polar surface area (TPSA) is 73.1 Å². The van der Waals surface area contributed by atoms with E-state index in [0.29, 0.717) is 29.6 Å². The van der Waals surface area contributed by atoms with Crippen molar-refractivity contribution in [2.24, 2.45) is 11.8 Å². The van der Waals surface area contributed by atoms with Gasteiger partial charge in [-0.2, -0.15) is 5.10 Å². The van der Waals surface area contributed by atoms with Crippen LogP contribution in [0.15, 0.2) is 18.3 Å². The van der Waals surface area contributed by atoms with Crippen molar-refractivity contribution in [3.05, 3.63) is 29.6 Å². The SMILES string of the molecule is CCc1c(C(=O)N2CC[C@H]3CCCC[C@@H]3C2)cnn1-c1ccc(OC)nn1. The minimum Gasteiger partial charge on any atom is -0.480 e. The highest BCUT2D eigenvalue weighted by Crippen LogP contribution is 2.36. The molecule has 0 N–H and O–H groups in total. The Bertz CT molecular complexity index is 801. The molecule has 0 aromatic carbocycles. The molecule has 4 rings (SSSR count). The Morgan fingerprint density at radius 1 is 1.19 bits per heavy atom. The molecule has 7 heteroatoms. The second kappa shape index (κ2) is 7.66. The normalized spacial score (nSPS) is 22.4. The maximum atomic E-state index is 13.2. The molecule has 144 valence electrons. The number of hydrogen-bond acceptors (Lipinski definition) is 5. The Morgan fingerprint density at radius 2 is 2.00 bits per heavy atom. The van der Waals surface area contributed by atoms with Gasteiger partial charge in [-0.05, 0) is 37.2 Å². The Labute approximate surface area is 159 Å². The fourth-order valence-corrected chi connectivity index (χ4v) is 4.58. The van der Waals surface area contributed by atoms with Gasteiger partial charge in [0.15, 0.2) is 5.82 Å². The highest BCUT2D eigenvalue weighted by Gasteiger charge is 2.34. The summed E-state index contributed by atoms with van der Waals surface area (Å²) in [5.41, 5.74) is 1.56. The first-order valence-corrected chi connectivity index (χ1v) is 9.95. The van der Waals surface area contributed by atoms with E-state index in [2.05, 4.69) is 15.3 Å². The van der Waals surface area contributed by atoms with Crippen molar-refractivity contribution in [1.82, 2.24) is 24.9 Å². The number of ether oxygens (including phenoxy) is 1. The number of carbonyl (C=O) groups is 1. The first-order valence-electron chi connectivity index (χ1n) is 9.95. The third-order valence-electron chi connectivity index (χ3n) is 6.06. The summed E-state index contributed by atoms with van der Waals surface area (Å²) in [6.45, 7) is 3.78. The summed E-state index contributed by atoms with van der Waals surface area (Å²) in [6, 6.07) is 3.55. The molecule has 2 fully saturated rings. The highest BCUT2D eigenvalue weighted by atomic mass is 16.5. The summed E-state index contributed by atoms with van der Waals surface area (Å²) in [6.07, 6.45) is 8.77. The van der Waals surface area contributed by atoms with E-state index in [-0.39, 0.29) is 5.91 Å². The van der Waals surface area contributed by atoms with E-state index in [1.807, 2.05) is 11.8 Å². The average molecular weight is 369 g/mol. The molecule has 0 radical (unpaired) electrons. The van der Waals surface area contributed by atoms with Crippen LogP contribution in [-0.4, -0.2) is 51.0 Å². The zero-order chi connectivity index (χ0) is 18.8. The van der Waals surface area contributed by atoms with Crippen LogP contribution in [0.5, 0.6) is 5.88 Å². The van der Waals surface area contributed by atoms with Crippen molar-refractivity contribution in [1.29, 1.82) is 0 Å². The molecular weight excluding hydrogens is 342 g/mol. The highest BCUT2D eigenvalue weighted by molar-refractivity contribution is 5.95. The zero-order valence-corrected chi connectivity index (χ0v) is 16.1. The van der Waals surface area contributed by atoms with Gasteiger partial charge in [-0.25, -0.2) is 4.68 Å². The van der Waals surface area contributed by atoms with E-state index in [1.165, 1.54) is 25.7 Å². The van der Waals surface area contributed by atoms with Crippen LogP contribution in [0.25, 0.3) is 5.82 Å². The molecule has 2 aliphatic rings. The third-order valence-corrected chi connectivity index (χ3v) is 6.06. The Balaban J connectivity index is 1.56. The molecule has 1 amide bonds. The van der Waals surface area contributed by atoms with Crippen molar-refractivity contribution in [2.45, 2.75) is 45.4 Å². The van der Waals surface area contributed by atoms with E-state index in [4.69, 9.17) is 4.74 Å². The van der Waals surface area contributed by atoms with Crippen LogP contribution < -0.4 is 4.74 Å². The summed E-state index contributed by atoms with van der Waals surface area (Å²) in [5, 5.41) is 12.6. The van der Waals surface area contributed by atoms with E-state index in [0.717, 1.165) is 31.1 Å². The van der Waals surface area contributed by atoms with Gasteiger partial charge >= 0.3 is 0 Å². The molecule has 0 bridgehead atoms. The van der Waals surface area contributed by atoms with Crippen molar-refractivity contribution < 1.29 is 9.53 Å². The fraction of sp³-hybridized carbons (Fsp3) is 0.600. The van der Waals surface area contributed by atoms with Crippen molar-refractivity contribution in [2.75, 3.05) is 20.2 Å². The van der Waals surface area contributed by atoms with E-state index < -0.39 is 0 Å². The largest absolute Gasteiger partial charge is 0.480 e. The summed E-state index contributed by atoms with van der Waals surface area (Å²) in [5.74, 6) is 2.63. The first-order chi connectivity index (χ1) is 13.2. The Morgan fingerprint density at radius 3 is 2.70 bits per heavy atom. The fourth-order valence-electron chi connectivity index (χ4n) is 4.58. The number of carbonyl (C=O) groups excluding carboxylic acids is 1. The lowest BCUT2D eigenvalue weighted by Crippen LogP contribution is -2.44. The monoisotopic (exact) mass is 369 g/mol. The minimum absolute atomic E-state index is 0.101. The number of amides is 1. The van der Waals surface area contributed by atoms with Crippen molar-refractivity contribution >= 4 is 5.91 Å². The van der Waals surface area contributed by atoms with Gasteiger partial charge in [0.25, 0.3) is 5.91 Å². The molecular formula is C20H27N5O2.